The Labute approximate surface area is 96.9 Å². The van der Waals surface area contributed by atoms with E-state index in [1.807, 2.05) is 0 Å². The summed E-state index contributed by atoms with van der Waals surface area (Å²) in [4.78, 5) is 10.5. The summed E-state index contributed by atoms with van der Waals surface area (Å²) in [6.45, 7) is 0.633. The number of carboxylic acids is 1. The van der Waals surface area contributed by atoms with Gasteiger partial charge in [-0.15, -0.1) is 0 Å². The van der Waals surface area contributed by atoms with Gasteiger partial charge in [-0.3, -0.25) is 4.79 Å². The summed E-state index contributed by atoms with van der Waals surface area (Å²) in [6.07, 6.45) is -0.337. The predicted molar refractivity (Wildman–Crippen MR) is 56.6 cm³/mol. The Morgan fingerprint density at radius 3 is 2.88 bits per heavy atom. The lowest BCUT2D eigenvalue weighted by Gasteiger charge is -2.21. The lowest BCUT2D eigenvalue weighted by Crippen LogP contribution is -2.20. The molecule has 0 fully saturated rings. The number of fused-ring (bicyclic) bond motifs is 1. The molecule has 2 rings (SSSR count). The fraction of sp³-hybridized carbons (Fsp3) is 0.364. The van der Waals surface area contributed by atoms with E-state index in [0.29, 0.717) is 12.4 Å². The molecule has 0 bridgehead atoms. The van der Waals surface area contributed by atoms with Gasteiger partial charge in [0.2, 0.25) is 0 Å². The molecule has 0 aliphatic carbocycles. The van der Waals surface area contributed by atoms with E-state index in [1.54, 1.807) is 0 Å². The Balaban J connectivity index is 2.32. The van der Waals surface area contributed by atoms with Crippen molar-refractivity contribution >= 4 is 5.97 Å². The van der Waals surface area contributed by atoms with E-state index in [2.05, 4.69) is 0 Å². The normalized spacial score (nSPS) is 15.4. The Morgan fingerprint density at radius 2 is 2.18 bits per heavy atom. The van der Waals surface area contributed by atoms with Crippen molar-refractivity contribution < 1.29 is 23.8 Å². The number of nitrogens with two attached hydrogens (primary N) is 1. The summed E-state index contributed by atoms with van der Waals surface area (Å²) in [5.74, 6) is -1.39. The molecule has 0 spiro atoms. The van der Waals surface area contributed by atoms with E-state index < -0.39 is 17.8 Å². The van der Waals surface area contributed by atoms with Gasteiger partial charge in [-0.2, -0.15) is 0 Å². The third kappa shape index (κ3) is 2.31. The molecule has 1 heterocycles. The second-order valence-corrected chi connectivity index (χ2v) is 3.70. The molecule has 92 valence electrons. The molecule has 3 N–H and O–H groups in total. The zero-order chi connectivity index (χ0) is 12.4. The highest BCUT2D eigenvalue weighted by Gasteiger charge is 2.23. The first-order valence-corrected chi connectivity index (χ1v) is 5.15. The predicted octanol–water partition coefficient (Wildman–Crippen LogP) is 1.07. The largest absolute Gasteiger partial charge is 0.486 e. The van der Waals surface area contributed by atoms with Gasteiger partial charge in [0.05, 0.1) is 6.42 Å². The number of carbonyl (C=O) groups is 1. The molecule has 0 amide bonds. The summed E-state index contributed by atoms with van der Waals surface area (Å²) in [7, 11) is 0. The van der Waals surface area contributed by atoms with Crippen molar-refractivity contribution in [3.8, 4) is 11.5 Å². The molecule has 1 aliphatic heterocycles. The van der Waals surface area contributed by atoms with Crippen LogP contribution in [0.25, 0.3) is 0 Å². The van der Waals surface area contributed by atoms with E-state index in [0.717, 1.165) is 0 Å². The van der Waals surface area contributed by atoms with Gasteiger partial charge in [-0.1, -0.05) is 6.07 Å². The average molecular weight is 241 g/mol. The second kappa shape index (κ2) is 4.58. The van der Waals surface area contributed by atoms with Crippen molar-refractivity contribution in [1.29, 1.82) is 0 Å². The van der Waals surface area contributed by atoms with Crippen LogP contribution >= 0.6 is 0 Å². The van der Waals surface area contributed by atoms with Crippen molar-refractivity contribution in [1.82, 2.24) is 0 Å². The fourth-order valence-electron chi connectivity index (χ4n) is 1.68. The number of benzene rings is 1. The molecule has 1 aliphatic rings. The Kier molecular flexibility index (Phi) is 3.14. The third-order valence-electron chi connectivity index (χ3n) is 2.47. The van der Waals surface area contributed by atoms with Gasteiger partial charge in [-0.05, 0) is 6.07 Å². The molecule has 0 radical (unpaired) electrons. The highest BCUT2D eigenvalue weighted by molar-refractivity contribution is 5.68. The van der Waals surface area contributed by atoms with Crippen LogP contribution in [0.4, 0.5) is 4.39 Å². The maximum atomic E-state index is 14.0. The maximum absolute atomic E-state index is 14.0. The monoisotopic (exact) mass is 241 g/mol. The van der Waals surface area contributed by atoms with Gasteiger partial charge in [0, 0.05) is 11.6 Å². The van der Waals surface area contributed by atoms with Crippen LogP contribution in [0, 0.1) is 5.82 Å². The molecule has 0 saturated carbocycles. The first-order chi connectivity index (χ1) is 8.09. The molecule has 1 aromatic rings. The summed E-state index contributed by atoms with van der Waals surface area (Å²) < 4.78 is 24.3. The number of halogens is 1. The summed E-state index contributed by atoms with van der Waals surface area (Å²) >= 11 is 0. The van der Waals surface area contributed by atoms with Gasteiger partial charge >= 0.3 is 5.97 Å². The first kappa shape index (κ1) is 11.7. The quantitative estimate of drug-likeness (QED) is 0.827. The van der Waals surface area contributed by atoms with Crippen molar-refractivity contribution in [2.45, 2.75) is 12.5 Å². The topological polar surface area (TPSA) is 81.8 Å². The van der Waals surface area contributed by atoms with Crippen LogP contribution in [0.15, 0.2) is 12.1 Å². The number of aliphatic carboxylic acids is 1. The first-order valence-electron chi connectivity index (χ1n) is 5.15. The van der Waals surface area contributed by atoms with Crippen LogP contribution in [0.1, 0.15) is 18.0 Å². The highest BCUT2D eigenvalue weighted by atomic mass is 19.1. The smallest absolute Gasteiger partial charge is 0.305 e. The number of hydrogen-bond acceptors (Lipinski definition) is 4. The third-order valence-corrected chi connectivity index (χ3v) is 2.47. The minimum atomic E-state index is -1.08. The van der Waals surface area contributed by atoms with Crippen molar-refractivity contribution in [2.24, 2.45) is 5.73 Å². The minimum absolute atomic E-state index is 0.00888. The van der Waals surface area contributed by atoms with Gasteiger partial charge < -0.3 is 20.3 Å². The maximum Gasteiger partial charge on any atom is 0.305 e. The molecule has 17 heavy (non-hydrogen) atoms. The van der Waals surface area contributed by atoms with Crippen molar-refractivity contribution in [2.75, 3.05) is 13.2 Å². The molecule has 0 saturated heterocycles. The zero-order valence-corrected chi connectivity index (χ0v) is 8.98. The molecule has 1 atom stereocenters. The average Bonchev–Trinajstić information content (AvgIpc) is 2.28. The molecule has 1 unspecified atom stereocenters. The number of ether oxygens (including phenoxy) is 2. The van der Waals surface area contributed by atoms with Crippen LogP contribution in [0.2, 0.25) is 0 Å². The van der Waals surface area contributed by atoms with E-state index in [1.165, 1.54) is 12.1 Å². The number of hydrogen-bond donors (Lipinski definition) is 2. The minimum Gasteiger partial charge on any atom is -0.486 e. The highest BCUT2D eigenvalue weighted by Crippen LogP contribution is 2.36. The fourth-order valence-corrected chi connectivity index (χ4v) is 1.68. The van der Waals surface area contributed by atoms with Gasteiger partial charge in [0.25, 0.3) is 0 Å². The summed E-state index contributed by atoms with van der Waals surface area (Å²) in [5.41, 5.74) is 5.73. The Bertz CT molecular complexity index is 449. The van der Waals surface area contributed by atoms with E-state index in [4.69, 9.17) is 20.3 Å². The molecule has 5 nitrogen and oxygen atoms in total. The lowest BCUT2D eigenvalue weighted by atomic mass is 10.0. The number of rotatable bonds is 3. The SMILES string of the molecule is NC(CC(=O)O)c1ccc2c(c1F)OCCO2. The molecule has 0 aromatic heterocycles. The van der Waals surface area contributed by atoms with Gasteiger partial charge in [0.1, 0.15) is 13.2 Å². The Morgan fingerprint density at radius 1 is 1.47 bits per heavy atom. The van der Waals surface area contributed by atoms with Gasteiger partial charge in [0.15, 0.2) is 17.3 Å². The Hall–Kier alpha value is -1.82. The van der Waals surface area contributed by atoms with Gasteiger partial charge in [-0.25, -0.2) is 4.39 Å². The molecular formula is C11H12FNO4. The second-order valence-electron chi connectivity index (χ2n) is 3.70. The van der Waals surface area contributed by atoms with Crippen LogP contribution < -0.4 is 15.2 Å². The molecule has 1 aromatic carbocycles. The van der Waals surface area contributed by atoms with Crippen LogP contribution in [-0.4, -0.2) is 24.3 Å². The molecule has 6 heteroatoms. The van der Waals surface area contributed by atoms with Crippen LogP contribution in [0.3, 0.4) is 0 Å². The van der Waals surface area contributed by atoms with E-state index in [9.17, 15) is 9.18 Å². The van der Waals surface area contributed by atoms with Crippen molar-refractivity contribution in [3.05, 3.63) is 23.5 Å². The van der Waals surface area contributed by atoms with Crippen LogP contribution in [0.5, 0.6) is 11.5 Å². The standard InChI is InChI=1S/C11H12FNO4/c12-10-6(7(13)5-9(14)15)1-2-8-11(10)17-4-3-16-8/h1-2,7H,3-5,13H2,(H,14,15). The van der Waals surface area contributed by atoms with Crippen molar-refractivity contribution in [3.63, 3.8) is 0 Å². The van der Waals surface area contributed by atoms with E-state index >= 15 is 0 Å². The zero-order valence-electron chi connectivity index (χ0n) is 8.98. The molecular weight excluding hydrogens is 229 g/mol. The van der Waals surface area contributed by atoms with E-state index in [-0.39, 0.29) is 24.3 Å². The summed E-state index contributed by atoms with van der Waals surface area (Å²) in [5, 5.41) is 8.62. The van der Waals surface area contributed by atoms with Crippen LogP contribution in [-0.2, 0) is 4.79 Å². The lowest BCUT2D eigenvalue weighted by molar-refractivity contribution is -0.137. The number of carboxylic acid groups (broad SMARTS) is 1. The summed E-state index contributed by atoms with van der Waals surface area (Å²) in [6, 6.07) is 2.06.